The molecule has 1 saturated heterocycles. The maximum atomic E-state index is 11.6. The van der Waals surface area contributed by atoms with E-state index < -0.39 is 10.0 Å². The summed E-state index contributed by atoms with van der Waals surface area (Å²) in [4.78, 5) is 0. The van der Waals surface area contributed by atoms with Crippen molar-refractivity contribution in [1.29, 1.82) is 0 Å². The first-order chi connectivity index (χ1) is 6.17. The molecule has 0 aromatic heterocycles. The van der Waals surface area contributed by atoms with Crippen LogP contribution in [-0.4, -0.2) is 58.4 Å². The molecule has 0 atom stereocenters. The monoisotopic (exact) mass is 208 g/mol. The van der Waals surface area contributed by atoms with Crippen molar-refractivity contribution < 1.29 is 13.2 Å². The van der Waals surface area contributed by atoms with E-state index in [1.807, 2.05) is 0 Å². The lowest BCUT2D eigenvalue weighted by Gasteiger charge is -2.26. The van der Waals surface area contributed by atoms with Crippen LogP contribution in [0.4, 0.5) is 0 Å². The number of nitrogens with one attached hydrogen (secondary N) is 1. The molecular weight excluding hydrogens is 192 g/mol. The Labute approximate surface area is 79.1 Å². The van der Waals surface area contributed by atoms with E-state index in [-0.39, 0.29) is 12.4 Å². The first-order valence-corrected chi connectivity index (χ1v) is 5.95. The van der Waals surface area contributed by atoms with E-state index in [1.54, 1.807) is 0 Å². The van der Waals surface area contributed by atoms with E-state index in [4.69, 9.17) is 4.74 Å². The molecule has 0 bridgehead atoms. The molecule has 0 radical (unpaired) electrons. The van der Waals surface area contributed by atoms with E-state index in [0.717, 1.165) is 13.1 Å². The van der Waals surface area contributed by atoms with Crippen LogP contribution in [0.1, 0.15) is 0 Å². The Hall–Kier alpha value is -0.170. The van der Waals surface area contributed by atoms with Gasteiger partial charge in [0.1, 0.15) is 0 Å². The third kappa shape index (κ3) is 3.22. The molecule has 0 saturated carbocycles. The number of methoxy groups -OCH3 is 1. The Morgan fingerprint density at radius 2 is 2.00 bits per heavy atom. The quantitative estimate of drug-likeness (QED) is 0.635. The summed E-state index contributed by atoms with van der Waals surface area (Å²) >= 11 is 0. The fourth-order valence-electron chi connectivity index (χ4n) is 1.24. The van der Waals surface area contributed by atoms with Gasteiger partial charge in [0.25, 0.3) is 0 Å². The van der Waals surface area contributed by atoms with E-state index in [0.29, 0.717) is 13.1 Å². The van der Waals surface area contributed by atoms with Crippen LogP contribution in [0.15, 0.2) is 0 Å². The molecule has 1 N–H and O–H groups in total. The maximum Gasteiger partial charge on any atom is 0.216 e. The molecule has 0 spiro atoms. The molecule has 1 rings (SSSR count). The van der Waals surface area contributed by atoms with Crippen molar-refractivity contribution in [2.24, 2.45) is 0 Å². The molecule has 5 nitrogen and oxygen atoms in total. The van der Waals surface area contributed by atoms with Crippen LogP contribution in [-0.2, 0) is 14.8 Å². The topological polar surface area (TPSA) is 58.6 Å². The zero-order chi connectivity index (χ0) is 9.73. The summed E-state index contributed by atoms with van der Waals surface area (Å²) in [6, 6.07) is 0. The molecular formula is C7H16N2O3S. The fraction of sp³-hybridized carbons (Fsp3) is 1.00. The van der Waals surface area contributed by atoms with Gasteiger partial charge in [0.05, 0.1) is 12.4 Å². The summed E-state index contributed by atoms with van der Waals surface area (Å²) in [5, 5.41) is 3.11. The van der Waals surface area contributed by atoms with Crippen molar-refractivity contribution in [2.45, 2.75) is 0 Å². The van der Waals surface area contributed by atoms with Crippen molar-refractivity contribution >= 4 is 10.0 Å². The molecule has 1 heterocycles. The van der Waals surface area contributed by atoms with Crippen LogP contribution < -0.4 is 5.32 Å². The minimum atomic E-state index is -3.08. The third-order valence-corrected chi connectivity index (χ3v) is 3.85. The molecule has 1 aliphatic heterocycles. The van der Waals surface area contributed by atoms with Crippen molar-refractivity contribution in [3.8, 4) is 0 Å². The van der Waals surface area contributed by atoms with Crippen LogP contribution in [0.25, 0.3) is 0 Å². The van der Waals surface area contributed by atoms with Gasteiger partial charge in [0, 0.05) is 33.3 Å². The number of rotatable bonds is 4. The van der Waals surface area contributed by atoms with Crippen LogP contribution in [0.5, 0.6) is 0 Å². The smallest absolute Gasteiger partial charge is 0.216 e. The molecule has 6 heteroatoms. The van der Waals surface area contributed by atoms with Gasteiger partial charge in [-0.3, -0.25) is 0 Å². The average molecular weight is 208 g/mol. The molecule has 78 valence electrons. The zero-order valence-corrected chi connectivity index (χ0v) is 8.64. The summed E-state index contributed by atoms with van der Waals surface area (Å²) in [6.07, 6.45) is 0. The van der Waals surface area contributed by atoms with Crippen molar-refractivity contribution in [3.63, 3.8) is 0 Å². The zero-order valence-electron chi connectivity index (χ0n) is 7.82. The minimum Gasteiger partial charge on any atom is -0.384 e. The summed E-state index contributed by atoms with van der Waals surface area (Å²) in [5.74, 6) is 0.0868. The van der Waals surface area contributed by atoms with Gasteiger partial charge in [-0.05, 0) is 0 Å². The molecule has 13 heavy (non-hydrogen) atoms. The van der Waals surface area contributed by atoms with Crippen molar-refractivity contribution in [3.05, 3.63) is 0 Å². The van der Waals surface area contributed by atoms with Crippen molar-refractivity contribution in [2.75, 3.05) is 45.6 Å². The van der Waals surface area contributed by atoms with Gasteiger partial charge in [-0.1, -0.05) is 0 Å². The van der Waals surface area contributed by atoms with Gasteiger partial charge >= 0.3 is 0 Å². The number of hydrogen-bond acceptors (Lipinski definition) is 4. The SMILES string of the molecule is COCCS(=O)(=O)N1CCNCC1. The summed E-state index contributed by atoms with van der Waals surface area (Å²) in [5.41, 5.74) is 0. The summed E-state index contributed by atoms with van der Waals surface area (Å²) < 4.78 is 29.4. The van der Waals surface area contributed by atoms with Crippen LogP contribution in [0.2, 0.25) is 0 Å². The van der Waals surface area contributed by atoms with Gasteiger partial charge in [0.15, 0.2) is 0 Å². The highest BCUT2D eigenvalue weighted by molar-refractivity contribution is 7.89. The highest BCUT2D eigenvalue weighted by atomic mass is 32.2. The van der Waals surface area contributed by atoms with Gasteiger partial charge in [-0.2, -0.15) is 4.31 Å². The molecule has 0 unspecified atom stereocenters. The van der Waals surface area contributed by atoms with Gasteiger partial charge in [-0.15, -0.1) is 0 Å². The van der Waals surface area contributed by atoms with Crippen LogP contribution >= 0.6 is 0 Å². The van der Waals surface area contributed by atoms with Crippen LogP contribution in [0, 0.1) is 0 Å². The normalized spacial score (nSPS) is 20.4. The Bertz CT molecular complexity index is 234. The predicted molar refractivity (Wildman–Crippen MR) is 50.1 cm³/mol. The molecule has 0 aliphatic carbocycles. The lowest BCUT2D eigenvalue weighted by molar-refractivity contribution is 0.215. The van der Waals surface area contributed by atoms with Crippen molar-refractivity contribution in [1.82, 2.24) is 9.62 Å². The Balaban J connectivity index is 2.47. The first kappa shape index (κ1) is 10.9. The largest absolute Gasteiger partial charge is 0.384 e. The number of nitrogens with zero attached hydrogens (tertiary/aromatic N) is 1. The number of piperazine rings is 1. The molecule has 0 amide bonds. The summed E-state index contributed by atoms with van der Waals surface area (Å²) in [7, 11) is -1.57. The van der Waals surface area contributed by atoms with Crippen LogP contribution in [0.3, 0.4) is 0 Å². The first-order valence-electron chi connectivity index (χ1n) is 4.34. The van der Waals surface area contributed by atoms with Gasteiger partial charge in [0.2, 0.25) is 10.0 Å². The van der Waals surface area contributed by atoms with E-state index in [9.17, 15) is 8.42 Å². The standard InChI is InChI=1S/C7H16N2O3S/c1-12-6-7-13(10,11)9-4-2-8-3-5-9/h8H,2-7H2,1H3. The molecule has 1 aliphatic rings. The lowest BCUT2D eigenvalue weighted by atomic mass is 10.4. The number of hydrogen-bond donors (Lipinski definition) is 1. The van der Waals surface area contributed by atoms with Gasteiger partial charge in [-0.25, -0.2) is 8.42 Å². The van der Waals surface area contributed by atoms with E-state index in [1.165, 1.54) is 11.4 Å². The maximum absolute atomic E-state index is 11.6. The Morgan fingerprint density at radius 1 is 1.38 bits per heavy atom. The minimum absolute atomic E-state index is 0.0868. The van der Waals surface area contributed by atoms with E-state index >= 15 is 0 Å². The van der Waals surface area contributed by atoms with Gasteiger partial charge < -0.3 is 10.1 Å². The average Bonchev–Trinajstić information content (AvgIpc) is 2.16. The second kappa shape index (κ2) is 4.90. The highest BCUT2D eigenvalue weighted by Crippen LogP contribution is 2.02. The Kier molecular flexibility index (Phi) is 4.11. The lowest BCUT2D eigenvalue weighted by Crippen LogP contribution is -2.47. The molecule has 0 aromatic carbocycles. The van der Waals surface area contributed by atoms with E-state index in [2.05, 4.69) is 5.32 Å². The molecule has 0 aromatic rings. The second-order valence-electron chi connectivity index (χ2n) is 2.96. The number of sulfonamides is 1. The number of ether oxygens (including phenoxy) is 1. The highest BCUT2D eigenvalue weighted by Gasteiger charge is 2.22. The Morgan fingerprint density at radius 3 is 2.54 bits per heavy atom. The predicted octanol–water partition coefficient (Wildman–Crippen LogP) is -1.13. The summed E-state index contributed by atoms with van der Waals surface area (Å²) in [6.45, 7) is 2.91. The fourth-order valence-corrected chi connectivity index (χ4v) is 2.61. The third-order valence-electron chi connectivity index (χ3n) is 2.01. The second-order valence-corrected chi connectivity index (χ2v) is 5.05. The molecule has 1 fully saturated rings.